The number of nitrogens with one attached hydrogen (secondary N) is 1. The fourth-order valence-corrected chi connectivity index (χ4v) is 2.48. The van der Waals surface area contributed by atoms with E-state index < -0.39 is 0 Å². The molecule has 5 heteroatoms. The highest BCUT2D eigenvalue weighted by Gasteiger charge is 2.36. The number of para-hydroxylation sites is 2. The van der Waals surface area contributed by atoms with Crippen molar-refractivity contribution in [1.82, 2.24) is 5.32 Å². The summed E-state index contributed by atoms with van der Waals surface area (Å²) in [7, 11) is 0. The van der Waals surface area contributed by atoms with E-state index in [9.17, 15) is 9.59 Å². The maximum atomic E-state index is 12.2. The number of carbonyl (C=O) groups is 2. The molecule has 0 bridgehead atoms. The molecular weight excluding hydrogens is 268 g/mol. The molecule has 1 unspecified atom stereocenters. The molecule has 2 amide bonds. The zero-order valence-corrected chi connectivity index (χ0v) is 12.8. The normalized spacial score (nSPS) is 18.2. The molecule has 0 spiro atoms. The Kier molecular flexibility index (Phi) is 4.83. The van der Waals surface area contributed by atoms with Gasteiger partial charge in [-0.15, -0.1) is 0 Å². The van der Waals surface area contributed by atoms with Gasteiger partial charge in [-0.3, -0.25) is 9.59 Å². The molecule has 5 nitrogen and oxygen atoms in total. The molecule has 0 aliphatic carbocycles. The van der Waals surface area contributed by atoms with Crippen LogP contribution in [0.1, 0.15) is 27.2 Å². The fraction of sp³-hybridized carbons (Fsp3) is 0.500. The van der Waals surface area contributed by atoms with Crippen LogP contribution >= 0.6 is 0 Å². The molecule has 0 radical (unpaired) electrons. The molecule has 1 N–H and O–H groups in total. The van der Waals surface area contributed by atoms with E-state index in [0.29, 0.717) is 18.9 Å². The van der Waals surface area contributed by atoms with Crippen LogP contribution in [-0.4, -0.2) is 31.0 Å². The van der Waals surface area contributed by atoms with Crippen LogP contribution in [-0.2, 0) is 9.59 Å². The number of benzene rings is 1. The lowest BCUT2D eigenvalue weighted by Crippen LogP contribution is -2.37. The summed E-state index contributed by atoms with van der Waals surface area (Å²) in [6.07, 6.45) is 0.249. The standard InChI is InChI=1S/C16H22N2O3/c1-4-21-14-8-6-5-7-13(14)18-10-12(9-15(18)19)16(20)17-11(2)3/h5-8,11-12H,4,9-10H2,1-3H3,(H,17,20). The van der Waals surface area contributed by atoms with E-state index in [1.165, 1.54) is 0 Å². The van der Waals surface area contributed by atoms with Crippen LogP contribution in [0, 0.1) is 5.92 Å². The monoisotopic (exact) mass is 290 g/mol. The highest BCUT2D eigenvalue weighted by atomic mass is 16.5. The number of hydrogen-bond acceptors (Lipinski definition) is 3. The first-order chi connectivity index (χ1) is 10.0. The first-order valence-electron chi connectivity index (χ1n) is 7.35. The zero-order chi connectivity index (χ0) is 15.4. The van der Waals surface area contributed by atoms with Crippen molar-refractivity contribution in [2.75, 3.05) is 18.1 Å². The second-order valence-electron chi connectivity index (χ2n) is 5.47. The highest BCUT2D eigenvalue weighted by Crippen LogP contribution is 2.33. The minimum atomic E-state index is -0.297. The molecule has 1 heterocycles. The Morgan fingerprint density at radius 3 is 2.81 bits per heavy atom. The first-order valence-corrected chi connectivity index (χ1v) is 7.35. The van der Waals surface area contributed by atoms with Crippen molar-refractivity contribution in [3.8, 4) is 5.75 Å². The highest BCUT2D eigenvalue weighted by molar-refractivity contribution is 6.01. The van der Waals surface area contributed by atoms with Gasteiger partial charge in [0.2, 0.25) is 11.8 Å². The smallest absolute Gasteiger partial charge is 0.227 e. The molecular formula is C16H22N2O3. The largest absolute Gasteiger partial charge is 0.492 e. The molecule has 2 rings (SSSR count). The Labute approximate surface area is 125 Å². The Bertz CT molecular complexity index is 528. The molecule has 0 saturated carbocycles. The van der Waals surface area contributed by atoms with Gasteiger partial charge in [0.05, 0.1) is 18.2 Å². The molecule has 21 heavy (non-hydrogen) atoms. The van der Waals surface area contributed by atoms with Crippen LogP contribution in [0.15, 0.2) is 24.3 Å². The average Bonchev–Trinajstić information content (AvgIpc) is 2.81. The Morgan fingerprint density at radius 1 is 1.43 bits per heavy atom. The quantitative estimate of drug-likeness (QED) is 0.902. The summed E-state index contributed by atoms with van der Waals surface area (Å²) in [5.41, 5.74) is 0.740. The van der Waals surface area contributed by atoms with Crippen molar-refractivity contribution < 1.29 is 14.3 Å². The molecule has 1 aromatic carbocycles. The van der Waals surface area contributed by atoms with Gasteiger partial charge in [0.1, 0.15) is 5.75 Å². The van der Waals surface area contributed by atoms with Gasteiger partial charge in [-0.05, 0) is 32.9 Å². The SMILES string of the molecule is CCOc1ccccc1N1CC(C(=O)NC(C)C)CC1=O. The van der Waals surface area contributed by atoms with E-state index in [4.69, 9.17) is 4.74 Å². The van der Waals surface area contributed by atoms with Gasteiger partial charge in [0.25, 0.3) is 0 Å². The average molecular weight is 290 g/mol. The second-order valence-corrected chi connectivity index (χ2v) is 5.47. The van der Waals surface area contributed by atoms with E-state index in [1.807, 2.05) is 45.0 Å². The lowest BCUT2D eigenvalue weighted by atomic mass is 10.1. The van der Waals surface area contributed by atoms with E-state index in [0.717, 1.165) is 5.69 Å². The number of nitrogens with zero attached hydrogens (tertiary/aromatic N) is 1. The van der Waals surface area contributed by atoms with Gasteiger partial charge >= 0.3 is 0 Å². The third-order valence-corrected chi connectivity index (χ3v) is 3.38. The van der Waals surface area contributed by atoms with Gasteiger partial charge < -0.3 is 15.0 Å². The Balaban J connectivity index is 2.15. The van der Waals surface area contributed by atoms with E-state index in [2.05, 4.69) is 5.32 Å². The number of anilines is 1. The minimum Gasteiger partial charge on any atom is -0.492 e. The number of ether oxygens (including phenoxy) is 1. The second kappa shape index (κ2) is 6.61. The van der Waals surface area contributed by atoms with Crippen molar-refractivity contribution in [1.29, 1.82) is 0 Å². The fourth-order valence-electron chi connectivity index (χ4n) is 2.48. The number of carbonyl (C=O) groups excluding carboxylic acids is 2. The maximum Gasteiger partial charge on any atom is 0.227 e. The molecule has 1 atom stereocenters. The van der Waals surface area contributed by atoms with E-state index in [-0.39, 0.29) is 30.2 Å². The number of amides is 2. The van der Waals surface area contributed by atoms with Gasteiger partial charge in [0.15, 0.2) is 0 Å². The Hall–Kier alpha value is -2.04. The first kappa shape index (κ1) is 15.4. The van der Waals surface area contributed by atoms with Gasteiger partial charge in [-0.2, -0.15) is 0 Å². The number of hydrogen-bond donors (Lipinski definition) is 1. The summed E-state index contributed by atoms with van der Waals surface area (Å²) in [5, 5.41) is 2.87. The van der Waals surface area contributed by atoms with Gasteiger partial charge in [-0.1, -0.05) is 12.1 Å². The van der Waals surface area contributed by atoms with Crippen LogP contribution in [0.3, 0.4) is 0 Å². The third-order valence-electron chi connectivity index (χ3n) is 3.38. The molecule has 1 aliphatic rings. The van der Waals surface area contributed by atoms with Crippen LogP contribution in [0.5, 0.6) is 5.75 Å². The summed E-state index contributed by atoms with van der Waals surface area (Å²) in [6.45, 7) is 6.67. The van der Waals surface area contributed by atoms with Crippen molar-refractivity contribution in [2.24, 2.45) is 5.92 Å². The lowest BCUT2D eigenvalue weighted by molar-refractivity contribution is -0.126. The summed E-state index contributed by atoms with van der Waals surface area (Å²) in [6, 6.07) is 7.52. The molecule has 1 aliphatic heterocycles. The van der Waals surface area contributed by atoms with Crippen LogP contribution in [0.4, 0.5) is 5.69 Å². The molecule has 1 fully saturated rings. The predicted molar refractivity (Wildman–Crippen MR) is 81.3 cm³/mol. The summed E-state index contributed by atoms with van der Waals surface area (Å²) >= 11 is 0. The summed E-state index contributed by atoms with van der Waals surface area (Å²) in [4.78, 5) is 25.9. The topological polar surface area (TPSA) is 58.6 Å². The molecule has 0 aromatic heterocycles. The van der Waals surface area contributed by atoms with Gasteiger partial charge in [-0.25, -0.2) is 0 Å². The van der Waals surface area contributed by atoms with E-state index >= 15 is 0 Å². The molecule has 1 saturated heterocycles. The van der Waals surface area contributed by atoms with Crippen LogP contribution in [0.25, 0.3) is 0 Å². The van der Waals surface area contributed by atoms with Crippen molar-refractivity contribution in [2.45, 2.75) is 33.2 Å². The minimum absolute atomic E-state index is 0.0361. The summed E-state index contributed by atoms with van der Waals surface area (Å²) < 4.78 is 5.56. The van der Waals surface area contributed by atoms with Crippen LogP contribution in [0.2, 0.25) is 0 Å². The Morgan fingerprint density at radius 2 is 2.14 bits per heavy atom. The van der Waals surface area contributed by atoms with Crippen molar-refractivity contribution >= 4 is 17.5 Å². The molecule has 1 aromatic rings. The third kappa shape index (κ3) is 3.54. The van der Waals surface area contributed by atoms with Crippen molar-refractivity contribution in [3.05, 3.63) is 24.3 Å². The lowest BCUT2D eigenvalue weighted by Gasteiger charge is -2.20. The molecule has 114 valence electrons. The predicted octanol–water partition coefficient (Wildman–Crippen LogP) is 1.96. The van der Waals surface area contributed by atoms with Crippen molar-refractivity contribution in [3.63, 3.8) is 0 Å². The van der Waals surface area contributed by atoms with Gasteiger partial charge in [0, 0.05) is 19.0 Å². The maximum absolute atomic E-state index is 12.2. The zero-order valence-electron chi connectivity index (χ0n) is 12.8. The summed E-state index contributed by atoms with van der Waals surface area (Å²) in [5.74, 6) is 0.286. The van der Waals surface area contributed by atoms with E-state index in [1.54, 1.807) is 4.90 Å². The number of rotatable bonds is 5. The van der Waals surface area contributed by atoms with Crippen LogP contribution < -0.4 is 15.0 Å².